The second kappa shape index (κ2) is 9.80. The molecule has 0 bridgehead atoms. The van der Waals surface area contributed by atoms with Gasteiger partial charge in [0.25, 0.3) is 0 Å². The van der Waals surface area contributed by atoms with Crippen LogP contribution in [0.2, 0.25) is 0 Å². The van der Waals surface area contributed by atoms with Gasteiger partial charge in [-0.15, -0.1) is 11.8 Å². The number of benzene rings is 1. The molecule has 0 radical (unpaired) electrons. The Morgan fingerprint density at radius 3 is 2.67 bits per heavy atom. The molecule has 1 aliphatic rings. The van der Waals surface area contributed by atoms with Crippen LogP contribution in [-0.2, 0) is 10.5 Å². The molecule has 116 valence electrons. The van der Waals surface area contributed by atoms with E-state index in [1.807, 2.05) is 23.9 Å². The summed E-state index contributed by atoms with van der Waals surface area (Å²) in [6, 6.07) is 8.26. The van der Waals surface area contributed by atoms with Crippen LogP contribution in [0.25, 0.3) is 0 Å². The maximum atomic E-state index is 11.7. The van der Waals surface area contributed by atoms with Gasteiger partial charge in [-0.3, -0.25) is 4.79 Å². The van der Waals surface area contributed by atoms with Crippen LogP contribution in [0.3, 0.4) is 0 Å². The molecule has 1 aromatic carbocycles. The van der Waals surface area contributed by atoms with Crippen LogP contribution in [0.1, 0.15) is 31.2 Å². The Morgan fingerprint density at radius 2 is 1.95 bits per heavy atom. The average Bonchev–Trinajstić information content (AvgIpc) is 2.99. The molecule has 0 aliphatic heterocycles. The number of rotatable bonds is 8. The van der Waals surface area contributed by atoms with Gasteiger partial charge < -0.3 is 5.32 Å². The molecule has 1 saturated carbocycles. The predicted molar refractivity (Wildman–Crippen MR) is 98.0 cm³/mol. The van der Waals surface area contributed by atoms with E-state index < -0.39 is 0 Å². The van der Waals surface area contributed by atoms with Crippen molar-refractivity contribution in [2.24, 2.45) is 0 Å². The molecular formula is C16H22BrNOS2. The number of hydrogen-bond acceptors (Lipinski definition) is 3. The molecule has 5 heteroatoms. The number of amides is 1. The SMILES string of the molecule is O=C(CSCc1ccc(Br)cc1)NCCSC1CCCC1. The Hall–Kier alpha value is -0.130. The molecule has 2 nitrogen and oxygen atoms in total. The summed E-state index contributed by atoms with van der Waals surface area (Å²) in [4.78, 5) is 11.7. The molecular weight excluding hydrogens is 366 g/mol. The Kier molecular flexibility index (Phi) is 8.04. The molecule has 21 heavy (non-hydrogen) atoms. The van der Waals surface area contributed by atoms with E-state index in [2.05, 4.69) is 33.4 Å². The lowest BCUT2D eigenvalue weighted by molar-refractivity contribution is -0.118. The van der Waals surface area contributed by atoms with Crippen LogP contribution in [0, 0.1) is 0 Å². The highest BCUT2D eigenvalue weighted by Gasteiger charge is 2.14. The van der Waals surface area contributed by atoms with Crippen molar-refractivity contribution in [2.45, 2.75) is 36.7 Å². The fourth-order valence-corrected chi connectivity index (χ4v) is 4.67. The molecule has 0 aromatic heterocycles. The minimum atomic E-state index is 0.157. The zero-order chi connectivity index (χ0) is 14.9. The van der Waals surface area contributed by atoms with E-state index in [1.54, 1.807) is 11.8 Å². The predicted octanol–water partition coefficient (Wildman–Crippen LogP) is 4.47. The summed E-state index contributed by atoms with van der Waals surface area (Å²) in [6.07, 6.45) is 5.50. The monoisotopic (exact) mass is 387 g/mol. The first kappa shape index (κ1) is 17.2. The van der Waals surface area contributed by atoms with Gasteiger partial charge in [0, 0.05) is 27.8 Å². The Morgan fingerprint density at radius 1 is 1.24 bits per heavy atom. The highest BCUT2D eigenvalue weighted by molar-refractivity contribution is 9.10. The standard InChI is InChI=1S/C16H22BrNOS2/c17-14-7-5-13(6-8-14)11-20-12-16(19)18-9-10-21-15-3-1-2-4-15/h5-8,15H,1-4,9-12H2,(H,18,19). The van der Waals surface area contributed by atoms with Crippen molar-refractivity contribution in [3.63, 3.8) is 0 Å². The maximum absolute atomic E-state index is 11.7. The van der Waals surface area contributed by atoms with E-state index >= 15 is 0 Å². The molecule has 0 heterocycles. The average molecular weight is 388 g/mol. The Labute approximate surface area is 144 Å². The van der Waals surface area contributed by atoms with Gasteiger partial charge in [0.2, 0.25) is 5.91 Å². The third-order valence-electron chi connectivity index (χ3n) is 3.50. The third kappa shape index (κ3) is 7.11. The third-order valence-corrected chi connectivity index (χ3v) is 6.41. The van der Waals surface area contributed by atoms with Gasteiger partial charge in [-0.25, -0.2) is 0 Å². The lowest BCUT2D eigenvalue weighted by atomic mass is 10.2. The van der Waals surface area contributed by atoms with Crippen LogP contribution in [-0.4, -0.2) is 29.2 Å². The lowest BCUT2D eigenvalue weighted by Crippen LogP contribution is -2.27. The minimum Gasteiger partial charge on any atom is -0.355 e. The number of halogens is 1. The molecule has 0 atom stereocenters. The van der Waals surface area contributed by atoms with Crippen molar-refractivity contribution in [1.29, 1.82) is 0 Å². The van der Waals surface area contributed by atoms with E-state index in [1.165, 1.54) is 31.2 Å². The molecule has 2 rings (SSSR count). The maximum Gasteiger partial charge on any atom is 0.230 e. The molecule has 0 unspecified atom stereocenters. The zero-order valence-electron chi connectivity index (χ0n) is 12.1. The second-order valence-corrected chi connectivity index (χ2v) is 8.56. The van der Waals surface area contributed by atoms with E-state index in [0.717, 1.165) is 27.8 Å². The van der Waals surface area contributed by atoms with Crippen molar-refractivity contribution in [2.75, 3.05) is 18.1 Å². The van der Waals surface area contributed by atoms with E-state index in [0.29, 0.717) is 5.75 Å². The summed E-state index contributed by atoms with van der Waals surface area (Å²) in [7, 11) is 0. The number of carbonyl (C=O) groups is 1. The van der Waals surface area contributed by atoms with Crippen LogP contribution >= 0.6 is 39.5 Å². The summed E-state index contributed by atoms with van der Waals surface area (Å²) >= 11 is 7.12. The summed E-state index contributed by atoms with van der Waals surface area (Å²) in [5.41, 5.74) is 1.26. The summed E-state index contributed by atoms with van der Waals surface area (Å²) in [6.45, 7) is 0.804. The summed E-state index contributed by atoms with van der Waals surface area (Å²) in [5.74, 6) is 2.64. The van der Waals surface area contributed by atoms with Crippen molar-refractivity contribution >= 4 is 45.4 Å². The molecule has 0 spiro atoms. The molecule has 1 N–H and O–H groups in total. The fourth-order valence-electron chi connectivity index (χ4n) is 2.36. The number of nitrogens with one attached hydrogen (secondary N) is 1. The van der Waals surface area contributed by atoms with Gasteiger partial charge in [0.15, 0.2) is 0 Å². The van der Waals surface area contributed by atoms with Crippen LogP contribution in [0.4, 0.5) is 0 Å². The van der Waals surface area contributed by atoms with Gasteiger partial charge in [-0.1, -0.05) is 40.9 Å². The lowest BCUT2D eigenvalue weighted by Gasteiger charge is -2.09. The van der Waals surface area contributed by atoms with E-state index in [-0.39, 0.29) is 5.91 Å². The van der Waals surface area contributed by atoms with Crippen LogP contribution < -0.4 is 5.32 Å². The Bertz CT molecular complexity index is 432. The number of thioether (sulfide) groups is 2. The van der Waals surface area contributed by atoms with E-state index in [4.69, 9.17) is 0 Å². The van der Waals surface area contributed by atoms with Gasteiger partial charge in [-0.2, -0.15) is 11.8 Å². The van der Waals surface area contributed by atoms with Gasteiger partial charge in [0.05, 0.1) is 5.75 Å². The van der Waals surface area contributed by atoms with Gasteiger partial charge in [0.1, 0.15) is 0 Å². The molecule has 1 aromatic rings. The van der Waals surface area contributed by atoms with Crippen molar-refractivity contribution in [3.05, 3.63) is 34.3 Å². The normalized spacial score (nSPS) is 15.3. The fraction of sp³-hybridized carbons (Fsp3) is 0.562. The molecule has 1 amide bonds. The smallest absolute Gasteiger partial charge is 0.230 e. The minimum absolute atomic E-state index is 0.157. The first-order valence-electron chi connectivity index (χ1n) is 7.44. The largest absolute Gasteiger partial charge is 0.355 e. The molecule has 0 saturated heterocycles. The van der Waals surface area contributed by atoms with Crippen LogP contribution in [0.5, 0.6) is 0 Å². The highest BCUT2D eigenvalue weighted by Crippen LogP contribution is 2.28. The number of carbonyl (C=O) groups excluding carboxylic acids is 1. The molecule has 1 fully saturated rings. The topological polar surface area (TPSA) is 29.1 Å². The Balaban J connectivity index is 1.50. The quantitative estimate of drug-likeness (QED) is 0.666. The van der Waals surface area contributed by atoms with Crippen molar-refractivity contribution in [1.82, 2.24) is 5.32 Å². The van der Waals surface area contributed by atoms with Gasteiger partial charge >= 0.3 is 0 Å². The van der Waals surface area contributed by atoms with Crippen LogP contribution in [0.15, 0.2) is 28.7 Å². The number of hydrogen-bond donors (Lipinski definition) is 1. The highest BCUT2D eigenvalue weighted by atomic mass is 79.9. The first-order chi connectivity index (χ1) is 10.2. The van der Waals surface area contributed by atoms with Crippen molar-refractivity contribution in [3.8, 4) is 0 Å². The van der Waals surface area contributed by atoms with E-state index in [9.17, 15) is 4.79 Å². The first-order valence-corrected chi connectivity index (χ1v) is 10.4. The zero-order valence-corrected chi connectivity index (χ0v) is 15.4. The summed E-state index contributed by atoms with van der Waals surface area (Å²) < 4.78 is 1.09. The molecule has 1 aliphatic carbocycles. The van der Waals surface area contributed by atoms with Crippen molar-refractivity contribution < 1.29 is 4.79 Å². The second-order valence-electron chi connectivity index (χ2n) is 5.25. The van der Waals surface area contributed by atoms with Gasteiger partial charge in [-0.05, 0) is 30.5 Å². The summed E-state index contributed by atoms with van der Waals surface area (Å²) in [5, 5.41) is 3.86.